The zero-order valence-electron chi connectivity index (χ0n) is 20.3. The Morgan fingerprint density at radius 2 is 1.21 bits per heavy atom. The van der Waals surface area contributed by atoms with Crippen LogP contribution in [0.15, 0.2) is 60.7 Å². The van der Waals surface area contributed by atoms with Crippen LogP contribution in [0, 0.1) is 0 Å². The molecule has 4 atom stereocenters. The first-order valence-electron chi connectivity index (χ1n) is 11.2. The van der Waals surface area contributed by atoms with Gasteiger partial charge in [0.25, 0.3) is 0 Å². The van der Waals surface area contributed by atoms with Gasteiger partial charge in [0.15, 0.2) is 0 Å². The molecule has 0 spiro atoms. The highest BCUT2D eigenvalue weighted by Crippen LogP contribution is 2.06. The number of hydrogen-bond donors (Lipinski definition) is 2. The van der Waals surface area contributed by atoms with Gasteiger partial charge in [0, 0.05) is 0 Å². The molecule has 0 saturated carbocycles. The largest absolute Gasteiger partial charge is 0.459 e. The molecule has 188 valence electrons. The number of carbonyl (C=O) groups is 2. The van der Waals surface area contributed by atoms with Gasteiger partial charge in [-0.15, -0.1) is 0 Å². The molecular weight excluding hydrogens is 440 g/mol. The van der Waals surface area contributed by atoms with Crippen LogP contribution < -0.4 is 0 Å². The molecule has 0 aliphatic carbocycles. The molecule has 34 heavy (non-hydrogen) atoms. The van der Waals surface area contributed by atoms with Crippen molar-refractivity contribution < 1.29 is 38.7 Å². The molecule has 2 aromatic carbocycles. The molecule has 0 amide bonds. The van der Waals surface area contributed by atoms with Crippen LogP contribution in [0.3, 0.4) is 0 Å². The Kier molecular flexibility index (Phi) is 14.4. The average Bonchev–Trinajstić information content (AvgIpc) is 2.85. The number of hydrogen-bond acceptors (Lipinski definition) is 8. The Hall–Kier alpha value is -2.78. The predicted octanol–water partition coefficient (Wildman–Crippen LogP) is 3.26. The van der Waals surface area contributed by atoms with Crippen molar-refractivity contribution in [3.63, 3.8) is 0 Å². The van der Waals surface area contributed by atoms with Gasteiger partial charge in [-0.05, 0) is 52.0 Å². The minimum atomic E-state index is -0.445. The number of ether oxygens (including phenoxy) is 4. The molecule has 0 aromatic heterocycles. The molecule has 2 rings (SSSR count). The number of aliphatic hydroxyl groups excluding tert-OH is 2. The van der Waals surface area contributed by atoms with E-state index in [0.717, 1.165) is 0 Å². The minimum absolute atomic E-state index is 0.00667. The van der Waals surface area contributed by atoms with Gasteiger partial charge >= 0.3 is 11.9 Å². The zero-order chi connectivity index (χ0) is 25.3. The number of esters is 2. The predicted molar refractivity (Wildman–Crippen MR) is 128 cm³/mol. The fourth-order valence-corrected chi connectivity index (χ4v) is 2.41. The monoisotopic (exact) mass is 476 g/mol. The SMILES string of the molecule is CC(COC(=O)c1ccccc1)OCC(C)OC(=O)c1ccccc1.CC(O)COC(C)CO. The third-order valence-corrected chi connectivity index (χ3v) is 4.27. The fraction of sp³-hybridized carbons (Fsp3) is 0.462. The van der Waals surface area contributed by atoms with Gasteiger partial charge in [-0.2, -0.15) is 0 Å². The number of benzene rings is 2. The van der Waals surface area contributed by atoms with Crippen LogP contribution >= 0.6 is 0 Å². The van der Waals surface area contributed by atoms with Crippen molar-refractivity contribution in [2.75, 3.05) is 26.4 Å². The number of rotatable bonds is 12. The van der Waals surface area contributed by atoms with E-state index < -0.39 is 12.2 Å². The topological polar surface area (TPSA) is 112 Å². The Balaban J connectivity index is 0.000000546. The van der Waals surface area contributed by atoms with Crippen molar-refractivity contribution in [2.24, 2.45) is 0 Å². The van der Waals surface area contributed by atoms with Crippen LogP contribution in [0.25, 0.3) is 0 Å². The van der Waals surface area contributed by atoms with Crippen molar-refractivity contribution in [3.05, 3.63) is 71.8 Å². The lowest BCUT2D eigenvalue weighted by atomic mass is 10.2. The summed E-state index contributed by atoms with van der Waals surface area (Å²) in [5.74, 6) is -0.778. The summed E-state index contributed by atoms with van der Waals surface area (Å²) in [5.41, 5.74) is 0.999. The first-order valence-corrected chi connectivity index (χ1v) is 11.2. The average molecular weight is 477 g/mol. The summed E-state index contributed by atoms with van der Waals surface area (Å²) in [7, 11) is 0. The van der Waals surface area contributed by atoms with Crippen molar-refractivity contribution in [1.82, 2.24) is 0 Å². The van der Waals surface area contributed by atoms with E-state index in [1.165, 1.54) is 0 Å². The van der Waals surface area contributed by atoms with Crippen molar-refractivity contribution in [1.29, 1.82) is 0 Å². The van der Waals surface area contributed by atoms with E-state index in [9.17, 15) is 9.59 Å². The van der Waals surface area contributed by atoms with Gasteiger partial charge < -0.3 is 29.2 Å². The Labute approximate surface area is 201 Å². The smallest absolute Gasteiger partial charge is 0.338 e. The molecule has 8 heteroatoms. The van der Waals surface area contributed by atoms with Gasteiger partial charge in [0.1, 0.15) is 12.7 Å². The summed E-state index contributed by atoms with van der Waals surface area (Å²) >= 11 is 0. The quantitative estimate of drug-likeness (QED) is 0.449. The molecule has 8 nitrogen and oxygen atoms in total. The molecule has 2 aromatic rings. The van der Waals surface area contributed by atoms with E-state index >= 15 is 0 Å². The standard InChI is InChI=1S/C20H22O5.C6H14O3/c1-15(13-24-19(21)17-9-5-3-6-10-17)23-14-16(2)25-20(22)18-11-7-4-8-12-18;1-5(8)4-9-6(2)3-7/h3-12,15-16H,13-14H2,1-2H3;5-8H,3-4H2,1-2H3. The van der Waals surface area contributed by atoms with Crippen LogP contribution in [0.1, 0.15) is 48.4 Å². The third kappa shape index (κ3) is 13.1. The van der Waals surface area contributed by atoms with E-state index in [1.807, 2.05) is 12.1 Å². The van der Waals surface area contributed by atoms with Crippen LogP contribution in [0.2, 0.25) is 0 Å². The molecule has 0 aliphatic heterocycles. The van der Waals surface area contributed by atoms with Gasteiger partial charge in [-0.25, -0.2) is 9.59 Å². The summed E-state index contributed by atoms with van der Waals surface area (Å²) in [6.07, 6.45) is -1.32. The van der Waals surface area contributed by atoms with Gasteiger partial charge in [-0.3, -0.25) is 0 Å². The molecule has 0 aliphatic rings. The molecule has 0 heterocycles. The molecular formula is C26H36O8. The lowest BCUT2D eigenvalue weighted by Gasteiger charge is -2.17. The fourth-order valence-electron chi connectivity index (χ4n) is 2.41. The lowest BCUT2D eigenvalue weighted by Crippen LogP contribution is -2.26. The van der Waals surface area contributed by atoms with Crippen LogP contribution in [-0.2, 0) is 18.9 Å². The normalized spacial score (nSPS) is 14.1. The summed E-state index contributed by atoms with van der Waals surface area (Å²) in [5, 5.41) is 17.1. The van der Waals surface area contributed by atoms with Gasteiger partial charge in [0.2, 0.25) is 0 Å². The lowest BCUT2D eigenvalue weighted by molar-refractivity contribution is -0.0379. The maximum Gasteiger partial charge on any atom is 0.338 e. The summed E-state index contributed by atoms with van der Waals surface area (Å²) in [6, 6.07) is 17.6. The summed E-state index contributed by atoms with van der Waals surface area (Å²) < 4.78 is 21.0. The van der Waals surface area contributed by atoms with Crippen molar-refractivity contribution in [2.45, 2.75) is 52.1 Å². The highest BCUT2D eigenvalue weighted by atomic mass is 16.6. The summed E-state index contributed by atoms with van der Waals surface area (Å²) in [4.78, 5) is 23.8. The van der Waals surface area contributed by atoms with E-state index in [4.69, 9.17) is 29.2 Å². The van der Waals surface area contributed by atoms with Gasteiger partial charge in [-0.1, -0.05) is 36.4 Å². The second-order valence-corrected chi connectivity index (χ2v) is 7.87. The molecule has 4 unspecified atom stereocenters. The molecule has 2 N–H and O–H groups in total. The van der Waals surface area contributed by atoms with Crippen molar-refractivity contribution in [3.8, 4) is 0 Å². The zero-order valence-corrected chi connectivity index (χ0v) is 20.3. The molecule has 0 bridgehead atoms. The molecule has 0 saturated heterocycles. The second kappa shape index (κ2) is 16.8. The highest BCUT2D eigenvalue weighted by molar-refractivity contribution is 5.89. The Bertz CT molecular complexity index is 810. The first kappa shape index (κ1) is 29.3. The van der Waals surface area contributed by atoms with E-state index in [2.05, 4.69) is 0 Å². The highest BCUT2D eigenvalue weighted by Gasteiger charge is 2.14. The van der Waals surface area contributed by atoms with Crippen LogP contribution in [-0.4, -0.2) is 73.0 Å². The number of carbonyl (C=O) groups excluding carboxylic acids is 2. The first-order chi connectivity index (χ1) is 16.2. The Morgan fingerprint density at radius 3 is 1.71 bits per heavy atom. The van der Waals surface area contributed by atoms with Crippen molar-refractivity contribution >= 4 is 11.9 Å². The number of aliphatic hydroxyl groups is 2. The van der Waals surface area contributed by atoms with Gasteiger partial charge in [0.05, 0.1) is 49.3 Å². The van der Waals surface area contributed by atoms with E-state index in [-0.39, 0.29) is 44.0 Å². The second-order valence-electron chi connectivity index (χ2n) is 7.87. The van der Waals surface area contributed by atoms with E-state index in [1.54, 1.807) is 76.2 Å². The molecule has 0 fully saturated rings. The van der Waals surface area contributed by atoms with Crippen LogP contribution in [0.5, 0.6) is 0 Å². The maximum absolute atomic E-state index is 11.9. The molecule has 0 radical (unpaired) electrons. The summed E-state index contributed by atoms with van der Waals surface area (Å²) in [6.45, 7) is 7.60. The Morgan fingerprint density at radius 1 is 0.706 bits per heavy atom. The van der Waals surface area contributed by atoms with Crippen LogP contribution in [0.4, 0.5) is 0 Å². The third-order valence-electron chi connectivity index (χ3n) is 4.27. The minimum Gasteiger partial charge on any atom is -0.459 e. The maximum atomic E-state index is 11.9. The van der Waals surface area contributed by atoms with E-state index in [0.29, 0.717) is 17.7 Å².